The lowest BCUT2D eigenvalue weighted by Gasteiger charge is -2.24. The van der Waals surface area contributed by atoms with Crippen molar-refractivity contribution in [2.45, 2.75) is 17.0 Å². The molecule has 0 aliphatic carbocycles. The number of thioether (sulfide) groups is 2. The third-order valence-electron chi connectivity index (χ3n) is 4.28. The number of nitrogens with one attached hydrogen (secondary N) is 1. The second-order valence-electron chi connectivity index (χ2n) is 6.30. The Kier molecular flexibility index (Phi) is 6.87. The molecule has 1 aromatic heterocycles. The molecule has 0 bridgehead atoms. The lowest BCUT2D eigenvalue weighted by atomic mass is 10.1. The van der Waals surface area contributed by atoms with Crippen molar-refractivity contribution in [2.75, 3.05) is 32.1 Å². The summed E-state index contributed by atoms with van der Waals surface area (Å²) in [6.07, 6.45) is 1.30. The molecule has 3 rings (SSSR count). The molecule has 134 valence electrons. The van der Waals surface area contributed by atoms with Crippen molar-refractivity contribution >= 4 is 40.8 Å². The quantitative estimate of drug-likeness (QED) is 0.776. The van der Waals surface area contributed by atoms with Crippen LogP contribution >= 0.6 is 34.9 Å². The highest BCUT2D eigenvalue weighted by atomic mass is 32.2. The van der Waals surface area contributed by atoms with Gasteiger partial charge < -0.3 is 10.2 Å². The number of benzene rings is 1. The van der Waals surface area contributed by atoms with E-state index in [1.807, 2.05) is 49.8 Å². The van der Waals surface area contributed by atoms with Gasteiger partial charge in [-0.15, -0.1) is 23.5 Å². The average Bonchev–Trinajstić information content (AvgIpc) is 3.16. The van der Waals surface area contributed by atoms with E-state index < -0.39 is 0 Å². The maximum atomic E-state index is 12.5. The zero-order valence-electron chi connectivity index (χ0n) is 14.6. The highest BCUT2D eigenvalue weighted by molar-refractivity contribution is 8.16. The summed E-state index contributed by atoms with van der Waals surface area (Å²) in [6.45, 7) is 0.610. The van der Waals surface area contributed by atoms with Crippen LogP contribution in [0.2, 0.25) is 0 Å². The molecule has 0 radical (unpaired) electrons. The molecular weight excluding hydrogens is 368 g/mol. The van der Waals surface area contributed by atoms with E-state index in [4.69, 9.17) is 0 Å². The van der Waals surface area contributed by atoms with Crippen LogP contribution in [0.1, 0.15) is 38.5 Å². The summed E-state index contributed by atoms with van der Waals surface area (Å²) in [5.41, 5.74) is 3.30. The average molecular weight is 393 g/mol. The maximum absolute atomic E-state index is 12.5. The first-order chi connectivity index (χ1) is 12.1. The molecule has 1 aromatic carbocycles. The molecule has 3 nitrogen and oxygen atoms in total. The summed E-state index contributed by atoms with van der Waals surface area (Å²) in [5.74, 6) is 2.46. The number of rotatable bonds is 6. The van der Waals surface area contributed by atoms with Crippen molar-refractivity contribution in [3.05, 3.63) is 57.8 Å². The molecule has 1 aliphatic rings. The Morgan fingerprint density at radius 3 is 2.52 bits per heavy atom. The van der Waals surface area contributed by atoms with Crippen molar-refractivity contribution in [3.63, 3.8) is 0 Å². The highest BCUT2D eigenvalue weighted by Crippen LogP contribution is 2.43. The van der Waals surface area contributed by atoms with E-state index in [0.29, 0.717) is 11.1 Å². The monoisotopic (exact) mass is 392 g/mol. The third-order valence-corrected chi connectivity index (χ3v) is 8.00. The molecule has 2 heterocycles. The van der Waals surface area contributed by atoms with E-state index >= 15 is 0 Å². The van der Waals surface area contributed by atoms with Crippen molar-refractivity contribution in [3.8, 4) is 0 Å². The van der Waals surface area contributed by atoms with E-state index in [1.165, 1.54) is 29.1 Å². The number of likely N-dealkylation sites (N-methyl/N-ethyl adjacent to an activating group) is 1. The lowest BCUT2D eigenvalue weighted by Crippen LogP contribution is -2.34. The van der Waals surface area contributed by atoms with Gasteiger partial charge in [-0.2, -0.15) is 11.3 Å². The van der Waals surface area contributed by atoms with Crippen LogP contribution in [-0.2, 0) is 0 Å². The van der Waals surface area contributed by atoms with Gasteiger partial charge in [-0.1, -0.05) is 12.1 Å². The highest BCUT2D eigenvalue weighted by Gasteiger charge is 2.18. The second kappa shape index (κ2) is 9.12. The topological polar surface area (TPSA) is 32.3 Å². The largest absolute Gasteiger partial charge is 0.350 e. The Hall–Kier alpha value is -0.950. The molecule has 6 heteroatoms. The van der Waals surface area contributed by atoms with E-state index in [-0.39, 0.29) is 11.9 Å². The second-order valence-corrected chi connectivity index (χ2v) is 9.80. The summed E-state index contributed by atoms with van der Waals surface area (Å²) in [5, 5.41) is 7.30. The van der Waals surface area contributed by atoms with Crippen LogP contribution in [0.5, 0.6) is 0 Å². The van der Waals surface area contributed by atoms with Gasteiger partial charge in [-0.3, -0.25) is 4.79 Å². The summed E-state index contributed by atoms with van der Waals surface area (Å²) in [7, 11) is 4.09. The molecule has 1 aliphatic heterocycles. The van der Waals surface area contributed by atoms with E-state index in [1.54, 1.807) is 11.3 Å². The number of carbonyl (C=O) groups is 1. The smallest absolute Gasteiger partial charge is 0.251 e. The fourth-order valence-electron chi connectivity index (χ4n) is 2.83. The molecule has 1 N–H and O–H groups in total. The summed E-state index contributed by atoms with van der Waals surface area (Å²) >= 11 is 5.70. The van der Waals surface area contributed by atoms with E-state index in [2.05, 4.69) is 39.2 Å². The number of hydrogen-bond donors (Lipinski definition) is 1. The predicted molar refractivity (Wildman–Crippen MR) is 112 cm³/mol. The summed E-state index contributed by atoms with van der Waals surface area (Å²) in [6, 6.07) is 10.4. The first-order valence-electron chi connectivity index (χ1n) is 8.45. The minimum atomic E-state index is -0.00224. The minimum absolute atomic E-state index is 0.00224. The molecule has 1 saturated heterocycles. The van der Waals surface area contributed by atoms with Gasteiger partial charge in [-0.05, 0) is 72.1 Å². The Labute approximate surface area is 162 Å². The molecule has 1 atom stereocenters. The summed E-state index contributed by atoms with van der Waals surface area (Å²) < 4.78 is 0.516. The predicted octanol–water partition coefficient (Wildman–Crippen LogP) is 4.65. The standard InChI is InChI=1S/C19H24N2OS3/c1-21(2)17(16-8-11-23-13-16)12-20-18(22)14-4-6-15(7-5-14)19-24-9-3-10-25-19/h4-8,11,13,17,19H,3,9-10,12H2,1-2H3,(H,20,22). The number of amides is 1. The Morgan fingerprint density at radius 2 is 1.92 bits per heavy atom. The fraction of sp³-hybridized carbons (Fsp3) is 0.421. The van der Waals surface area contributed by atoms with Gasteiger partial charge in [0.2, 0.25) is 0 Å². The first kappa shape index (κ1) is 18.8. The van der Waals surface area contributed by atoms with Crippen LogP contribution < -0.4 is 5.32 Å². The summed E-state index contributed by atoms with van der Waals surface area (Å²) in [4.78, 5) is 14.6. The lowest BCUT2D eigenvalue weighted by molar-refractivity contribution is 0.0942. The minimum Gasteiger partial charge on any atom is -0.350 e. The van der Waals surface area contributed by atoms with Crippen LogP contribution in [0.4, 0.5) is 0 Å². The van der Waals surface area contributed by atoms with Gasteiger partial charge in [0.05, 0.1) is 10.6 Å². The van der Waals surface area contributed by atoms with Crippen LogP contribution in [0.3, 0.4) is 0 Å². The van der Waals surface area contributed by atoms with Crippen LogP contribution in [-0.4, -0.2) is 43.0 Å². The normalized spacial score (nSPS) is 16.8. The van der Waals surface area contributed by atoms with Gasteiger partial charge in [0.25, 0.3) is 5.91 Å². The van der Waals surface area contributed by atoms with E-state index in [9.17, 15) is 4.79 Å². The van der Waals surface area contributed by atoms with Crippen molar-refractivity contribution in [1.82, 2.24) is 10.2 Å². The molecule has 1 unspecified atom stereocenters. The molecule has 0 spiro atoms. The van der Waals surface area contributed by atoms with E-state index in [0.717, 1.165) is 5.56 Å². The first-order valence-corrected chi connectivity index (χ1v) is 11.5. The Morgan fingerprint density at radius 1 is 1.20 bits per heavy atom. The number of hydrogen-bond acceptors (Lipinski definition) is 5. The zero-order valence-corrected chi connectivity index (χ0v) is 17.1. The van der Waals surface area contributed by atoms with Gasteiger partial charge in [0.15, 0.2) is 0 Å². The number of carbonyl (C=O) groups excluding carboxylic acids is 1. The maximum Gasteiger partial charge on any atom is 0.251 e. The van der Waals surface area contributed by atoms with Crippen molar-refractivity contribution < 1.29 is 4.79 Å². The molecule has 25 heavy (non-hydrogen) atoms. The zero-order chi connectivity index (χ0) is 17.6. The molecule has 0 saturated carbocycles. The van der Waals surface area contributed by atoms with Gasteiger partial charge in [0, 0.05) is 12.1 Å². The van der Waals surface area contributed by atoms with Gasteiger partial charge in [-0.25, -0.2) is 0 Å². The van der Waals surface area contributed by atoms with Crippen LogP contribution in [0.25, 0.3) is 0 Å². The SMILES string of the molecule is CN(C)C(CNC(=O)c1ccc(C2SCCCS2)cc1)c1ccsc1. The number of thiophene rings is 1. The van der Waals surface area contributed by atoms with Gasteiger partial charge in [0.1, 0.15) is 0 Å². The fourth-order valence-corrected chi connectivity index (χ4v) is 6.43. The Bertz CT molecular complexity index is 664. The molecule has 2 aromatic rings. The molecular formula is C19H24N2OS3. The third kappa shape index (κ3) is 5.03. The van der Waals surface area contributed by atoms with Gasteiger partial charge >= 0.3 is 0 Å². The molecule has 1 fully saturated rings. The van der Waals surface area contributed by atoms with Crippen LogP contribution in [0, 0.1) is 0 Å². The molecule has 1 amide bonds. The van der Waals surface area contributed by atoms with Crippen LogP contribution in [0.15, 0.2) is 41.1 Å². The number of nitrogens with zero attached hydrogens (tertiary/aromatic N) is 1. The van der Waals surface area contributed by atoms with Crippen molar-refractivity contribution in [1.29, 1.82) is 0 Å². The Balaban J connectivity index is 1.59. The van der Waals surface area contributed by atoms with Crippen molar-refractivity contribution in [2.24, 2.45) is 0 Å².